The first kappa shape index (κ1) is 18.2. The van der Waals surface area contributed by atoms with Gasteiger partial charge in [0.15, 0.2) is 0 Å². The number of piperazine rings is 1. The summed E-state index contributed by atoms with van der Waals surface area (Å²) in [7, 11) is 2.11. The van der Waals surface area contributed by atoms with Gasteiger partial charge in [0.2, 0.25) is 0 Å². The number of nitrogens with one attached hydrogen (secondary N) is 1. The Balaban J connectivity index is 0.000000346. The quantitative estimate of drug-likeness (QED) is 0.605. The lowest BCUT2D eigenvalue weighted by atomic mass is 9.96. The number of urea groups is 1. The fourth-order valence-electron chi connectivity index (χ4n) is 2.52. The fraction of sp³-hybridized carbons (Fsp3) is 0.786. The first-order valence-corrected chi connectivity index (χ1v) is 7.60. The molecule has 0 radical (unpaired) electrons. The van der Waals surface area contributed by atoms with E-state index >= 15 is 0 Å². The molecule has 8 heteroatoms. The number of carbonyl (C=O) groups is 3. The number of carboxylic acid groups (broad SMARTS) is 2. The van der Waals surface area contributed by atoms with Crippen LogP contribution in [0.3, 0.4) is 0 Å². The van der Waals surface area contributed by atoms with Crippen LogP contribution in [0, 0.1) is 0 Å². The minimum atomic E-state index is -1.82. The number of hydrogen-bond acceptors (Lipinski definition) is 4. The highest BCUT2D eigenvalue weighted by Crippen LogP contribution is 2.17. The Kier molecular flexibility index (Phi) is 7.65. The average Bonchev–Trinajstić information content (AvgIpc) is 2.49. The summed E-state index contributed by atoms with van der Waals surface area (Å²) in [4.78, 5) is 34.4. The number of amides is 2. The van der Waals surface area contributed by atoms with Crippen LogP contribution in [-0.4, -0.2) is 77.3 Å². The van der Waals surface area contributed by atoms with Gasteiger partial charge in [-0.05, 0) is 19.9 Å². The molecule has 3 N–H and O–H groups in total. The van der Waals surface area contributed by atoms with Crippen LogP contribution in [0.15, 0.2) is 0 Å². The van der Waals surface area contributed by atoms with Gasteiger partial charge in [-0.2, -0.15) is 0 Å². The molecule has 0 aromatic heterocycles. The molecule has 2 aliphatic rings. The largest absolute Gasteiger partial charge is 0.473 e. The maximum Gasteiger partial charge on any atom is 0.414 e. The number of rotatable bonds is 1. The maximum absolute atomic E-state index is 12.0. The van der Waals surface area contributed by atoms with E-state index in [2.05, 4.69) is 17.3 Å². The van der Waals surface area contributed by atoms with E-state index in [9.17, 15) is 4.79 Å². The van der Waals surface area contributed by atoms with E-state index in [0.29, 0.717) is 6.04 Å². The molecule has 1 aliphatic carbocycles. The molecule has 2 fully saturated rings. The zero-order valence-electron chi connectivity index (χ0n) is 13.0. The third kappa shape index (κ3) is 6.75. The summed E-state index contributed by atoms with van der Waals surface area (Å²) in [6.45, 7) is 3.74. The number of likely N-dealkylation sites (N-methyl/N-ethyl adjacent to an activating group) is 1. The van der Waals surface area contributed by atoms with Crippen molar-refractivity contribution in [3.63, 3.8) is 0 Å². The topological polar surface area (TPSA) is 110 Å². The van der Waals surface area contributed by atoms with E-state index in [1.807, 2.05) is 4.90 Å². The van der Waals surface area contributed by atoms with Crippen molar-refractivity contribution in [2.24, 2.45) is 0 Å². The highest BCUT2D eigenvalue weighted by atomic mass is 16.4. The molecular formula is C14H25N3O5. The Morgan fingerprint density at radius 2 is 1.41 bits per heavy atom. The molecule has 22 heavy (non-hydrogen) atoms. The standard InChI is InChI=1S/C12H23N3O.C2H2O4/c1-14-7-9-15(10-8-14)12(16)13-11-5-3-2-4-6-11;3-1(4)2(5)6/h11H,2-10H2,1H3,(H,13,16);(H,3,4)(H,5,6). The molecule has 2 rings (SSSR count). The molecule has 8 nitrogen and oxygen atoms in total. The highest BCUT2D eigenvalue weighted by Gasteiger charge is 2.22. The Hall–Kier alpha value is -1.83. The third-order valence-corrected chi connectivity index (χ3v) is 3.91. The van der Waals surface area contributed by atoms with Gasteiger partial charge in [-0.3, -0.25) is 0 Å². The van der Waals surface area contributed by atoms with Crippen molar-refractivity contribution in [2.75, 3.05) is 33.2 Å². The first-order chi connectivity index (χ1) is 10.4. The molecule has 0 spiro atoms. The molecule has 1 saturated heterocycles. The summed E-state index contributed by atoms with van der Waals surface area (Å²) in [6, 6.07) is 0.584. The maximum atomic E-state index is 12.0. The summed E-state index contributed by atoms with van der Waals surface area (Å²) in [6.07, 6.45) is 6.21. The number of nitrogens with zero attached hydrogens (tertiary/aromatic N) is 2. The van der Waals surface area contributed by atoms with Gasteiger partial charge in [-0.25, -0.2) is 14.4 Å². The number of aliphatic carboxylic acids is 2. The lowest BCUT2D eigenvalue weighted by molar-refractivity contribution is -0.159. The van der Waals surface area contributed by atoms with E-state index in [4.69, 9.17) is 19.8 Å². The molecular weight excluding hydrogens is 290 g/mol. The van der Waals surface area contributed by atoms with Crippen molar-refractivity contribution in [2.45, 2.75) is 38.1 Å². The van der Waals surface area contributed by atoms with Crippen LogP contribution in [0.5, 0.6) is 0 Å². The van der Waals surface area contributed by atoms with Crippen molar-refractivity contribution < 1.29 is 24.6 Å². The van der Waals surface area contributed by atoms with Crippen LogP contribution in [0.1, 0.15) is 32.1 Å². The van der Waals surface area contributed by atoms with Gasteiger partial charge in [0.25, 0.3) is 0 Å². The van der Waals surface area contributed by atoms with Crippen LogP contribution in [0.2, 0.25) is 0 Å². The van der Waals surface area contributed by atoms with Gasteiger partial charge >= 0.3 is 18.0 Å². The molecule has 0 atom stereocenters. The summed E-state index contributed by atoms with van der Waals surface area (Å²) < 4.78 is 0. The zero-order valence-corrected chi connectivity index (χ0v) is 13.0. The normalized spacial score (nSPS) is 19.8. The predicted molar refractivity (Wildman–Crippen MR) is 79.7 cm³/mol. The van der Waals surface area contributed by atoms with Crippen LogP contribution >= 0.6 is 0 Å². The molecule has 2 amide bonds. The van der Waals surface area contributed by atoms with Gasteiger partial charge < -0.3 is 25.3 Å². The van der Waals surface area contributed by atoms with Gasteiger partial charge in [0.1, 0.15) is 0 Å². The molecule has 1 aliphatic heterocycles. The van der Waals surface area contributed by atoms with Gasteiger partial charge in [-0.1, -0.05) is 19.3 Å². The van der Waals surface area contributed by atoms with E-state index < -0.39 is 11.9 Å². The molecule has 0 aromatic carbocycles. The third-order valence-electron chi connectivity index (χ3n) is 3.91. The molecule has 1 heterocycles. The Morgan fingerprint density at radius 3 is 1.86 bits per heavy atom. The van der Waals surface area contributed by atoms with Gasteiger partial charge in [-0.15, -0.1) is 0 Å². The fourth-order valence-corrected chi connectivity index (χ4v) is 2.52. The Bertz CT molecular complexity index is 376. The van der Waals surface area contributed by atoms with Crippen molar-refractivity contribution >= 4 is 18.0 Å². The number of carbonyl (C=O) groups excluding carboxylic acids is 1. The van der Waals surface area contributed by atoms with E-state index in [0.717, 1.165) is 26.2 Å². The van der Waals surface area contributed by atoms with Crippen molar-refractivity contribution in [1.82, 2.24) is 15.1 Å². The summed E-state index contributed by atoms with van der Waals surface area (Å²) >= 11 is 0. The highest BCUT2D eigenvalue weighted by molar-refractivity contribution is 6.27. The van der Waals surface area contributed by atoms with Crippen LogP contribution in [0.4, 0.5) is 4.79 Å². The lowest BCUT2D eigenvalue weighted by Gasteiger charge is -2.34. The molecule has 1 saturated carbocycles. The second kappa shape index (κ2) is 9.24. The lowest BCUT2D eigenvalue weighted by Crippen LogP contribution is -2.52. The average molecular weight is 315 g/mol. The second-order valence-corrected chi connectivity index (χ2v) is 5.69. The molecule has 0 aromatic rings. The van der Waals surface area contributed by atoms with Crippen molar-refractivity contribution in [1.29, 1.82) is 0 Å². The zero-order chi connectivity index (χ0) is 16.5. The Labute approximate surface area is 130 Å². The van der Waals surface area contributed by atoms with Gasteiger partial charge in [0.05, 0.1) is 0 Å². The summed E-state index contributed by atoms with van der Waals surface area (Å²) in [5.41, 5.74) is 0. The second-order valence-electron chi connectivity index (χ2n) is 5.69. The van der Waals surface area contributed by atoms with E-state index in [-0.39, 0.29) is 6.03 Å². The monoisotopic (exact) mass is 315 g/mol. The molecule has 0 bridgehead atoms. The predicted octanol–water partition coefficient (Wildman–Crippen LogP) is 0.432. The SMILES string of the molecule is CN1CCN(C(=O)NC2CCCCC2)CC1.O=C(O)C(=O)O. The van der Waals surface area contributed by atoms with Crippen LogP contribution < -0.4 is 5.32 Å². The minimum Gasteiger partial charge on any atom is -0.473 e. The first-order valence-electron chi connectivity index (χ1n) is 7.60. The summed E-state index contributed by atoms with van der Waals surface area (Å²) in [5.74, 6) is -3.65. The van der Waals surface area contributed by atoms with Gasteiger partial charge in [0, 0.05) is 32.2 Å². The summed E-state index contributed by atoms with van der Waals surface area (Å²) in [5, 5.41) is 18.0. The number of carboxylic acids is 2. The van der Waals surface area contributed by atoms with Crippen molar-refractivity contribution in [3.05, 3.63) is 0 Å². The van der Waals surface area contributed by atoms with Crippen LogP contribution in [0.25, 0.3) is 0 Å². The Morgan fingerprint density at radius 1 is 0.909 bits per heavy atom. The van der Waals surface area contributed by atoms with E-state index in [1.165, 1.54) is 32.1 Å². The van der Waals surface area contributed by atoms with Crippen molar-refractivity contribution in [3.8, 4) is 0 Å². The van der Waals surface area contributed by atoms with Crippen LogP contribution in [-0.2, 0) is 9.59 Å². The minimum absolute atomic E-state index is 0.153. The molecule has 0 unspecified atom stereocenters. The molecule has 126 valence electrons. The number of hydrogen-bond donors (Lipinski definition) is 3. The smallest absolute Gasteiger partial charge is 0.414 e. The van der Waals surface area contributed by atoms with E-state index in [1.54, 1.807) is 0 Å².